The van der Waals surface area contributed by atoms with E-state index in [0.29, 0.717) is 0 Å². The lowest BCUT2D eigenvalue weighted by atomic mass is 9.81. The van der Waals surface area contributed by atoms with Crippen LogP contribution in [0.3, 0.4) is 0 Å². The molecular formula is C54H39NO3. The number of hydrogen-bond donors (Lipinski definition) is 0. The highest BCUT2D eigenvalue weighted by atomic mass is 16.5. The SMILES string of the molecule is C1=CC2c3ccc(-c4ccc5oc6ccccc6c5c4)cc3Oc3ccccc3-c3ccccc3OC2C=C1C1C=CC(N(c2ccccc2)c2ccccc2)=CC1. The van der Waals surface area contributed by atoms with Crippen molar-refractivity contribution in [3.05, 3.63) is 223 Å². The van der Waals surface area contributed by atoms with E-state index in [2.05, 4.69) is 181 Å². The molecule has 0 fully saturated rings. The van der Waals surface area contributed by atoms with E-state index in [-0.39, 0.29) is 17.9 Å². The van der Waals surface area contributed by atoms with Crippen molar-refractivity contribution in [2.45, 2.75) is 18.4 Å². The highest BCUT2D eigenvalue weighted by molar-refractivity contribution is 6.06. The Hall–Kier alpha value is -7.30. The molecule has 0 saturated carbocycles. The van der Waals surface area contributed by atoms with Crippen molar-refractivity contribution < 1.29 is 13.9 Å². The molecule has 4 heteroatoms. The maximum atomic E-state index is 7.14. The molecule has 7 aromatic carbocycles. The van der Waals surface area contributed by atoms with Crippen molar-refractivity contribution in [2.75, 3.05) is 4.90 Å². The number of para-hydroxylation sites is 5. The van der Waals surface area contributed by atoms with E-state index in [0.717, 1.165) is 90.5 Å². The summed E-state index contributed by atoms with van der Waals surface area (Å²) in [7, 11) is 0. The van der Waals surface area contributed by atoms with Gasteiger partial charge in [0.25, 0.3) is 0 Å². The summed E-state index contributed by atoms with van der Waals surface area (Å²) in [6.45, 7) is 0. The number of benzene rings is 7. The molecule has 1 aliphatic heterocycles. The van der Waals surface area contributed by atoms with Gasteiger partial charge in [-0.05, 0) is 95.9 Å². The fraction of sp³-hybridized carbons (Fsp3) is 0.0741. The van der Waals surface area contributed by atoms with Crippen LogP contribution in [-0.4, -0.2) is 6.10 Å². The molecule has 0 bridgehead atoms. The average Bonchev–Trinajstić information content (AvgIpc) is 3.66. The molecule has 8 aromatic rings. The third-order valence-electron chi connectivity index (χ3n) is 11.6. The second-order valence-electron chi connectivity index (χ2n) is 15.1. The third-order valence-corrected chi connectivity index (χ3v) is 11.6. The van der Waals surface area contributed by atoms with Crippen molar-refractivity contribution >= 4 is 33.3 Å². The maximum Gasteiger partial charge on any atom is 0.135 e. The van der Waals surface area contributed by atoms with Gasteiger partial charge >= 0.3 is 0 Å². The second kappa shape index (κ2) is 14.3. The molecule has 2 aliphatic carbocycles. The number of ether oxygens (including phenoxy) is 2. The minimum atomic E-state index is -0.267. The number of nitrogens with zero attached hydrogens (tertiary/aromatic N) is 1. The molecule has 1 aromatic heterocycles. The van der Waals surface area contributed by atoms with Gasteiger partial charge in [0.15, 0.2) is 0 Å². The monoisotopic (exact) mass is 749 g/mol. The van der Waals surface area contributed by atoms with E-state index in [1.165, 1.54) is 5.57 Å². The van der Waals surface area contributed by atoms with Crippen LogP contribution in [0.4, 0.5) is 11.4 Å². The summed E-state index contributed by atoms with van der Waals surface area (Å²) in [6, 6.07) is 59.0. The maximum absolute atomic E-state index is 7.14. The fourth-order valence-electron chi connectivity index (χ4n) is 8.75. The summed E-state index contributed by atoms with van der Waals surface area (Å²) < 4.78 is 20.3. The number of rotatable bonds is 5. The first-order chi connectivity index (χ1) is 28.7. The second-order valence-corrected chi connectivity index (χ2v) is 15.1. The van der Waals surface area contributed by atoms with Crippen molar-refractivity contribution in [1.82, 2.24) is 0 Å². The largest absolute Gasteiger partial charge is 0.485 e. The lowest BCUT2D eigenvalue weighted by Crippen LogP contribution is -2.27. The lowest BCUT2D eigenvalue weighted by Gasteiger charge is -2.33. The minimum Gasteiger partial charge on any atom is -0.485 e. The van der Waals surface area contributed by atoms with Crippen LogP contribution in [0.25, 0.3) is 44.2 Å². The van der Waals surface area contributed by atoms with E-state index in [1.54, 1.807) is 0 Å². The van der Waals surface area contributed by atoms with Gasteiger partial charge in [0.05, 0.1) is 0 Å². The zero-order valence-electron chi connectivity index (χ0n) is 31.7. The Kier molecular flexibility index (Phi) is 8.40. The van der Waals surface area contributed by atoms with E-state index < -0.39 is 0 Å². The first kappa shape index (κ1) is 34.0. The fourth-order valence-corrected chi connectivity index (χ4v) is 8.75. The first-order valence-corrected chi connectivity index (χ1v) is 20.0. The number of hydrogen-bond acceptors (Lipinski definition) is 4. The van der Waals surface area contributed by atoms with Crippen LogP contribution in [0.15, 0.2) is 222 Å². The van der Waals surface area contributed by atoms with Gasteiger partial charge in [0, 0.05) is 56.4 Å². The van der Waals surface area contributed by atoms with E-state index in [1.807, 2.05) is 30.3 Å². The van der Waals surface area contributed by atoms with Gasteiger partial charge in [-0.1, -0.05) is 133 Å². The molecule has 0 saturated heterocycles. The molecule has 0 N–H and O–H groups in total. The van der Waals surface area contributed by atoms with E-state index >= 15 is 0 Å². The van der Waals surface area contributed by atoms with Gasteiger partial charge in [0.2, 0.25) is 0 Å². The van der Waals surface area contributed by atoms with Crippen LogP contribution < -0.4 is 14.4 Å². The summed E-state index contributed by atoms with van der Waals surface area (Å²) in [5.74, 6) is 2.56. The molecule has 58 heavy (non-hydrogen) atoms. The quantitative estimate of drug-likeness (QED) is 0.175. The van der Waals surface area contributed by atoms with Gasteiger partial charge in [-0.2, -0.15) is 0 Å². The van der Waals surface area contributed by atoms with Crippen LogP contribution in [0.2, 0.25) is 0 Å². The Morgan fingerprint density at radius 2 is 1.17 bits per heavy atom. The zero-order valence-corrected chi connectivity index (χ0v) is 31.7. The molecule has 3 atom stereocenters. The average molecular weight is 750 g/mol. The Morgan fingerprint density at radius 3 is 1.95 bits per heavy atom. The Bertz CT molecular complexity index is 2910. The standard InChI is InChI=1S/C54H39NO3/c1-3-13-40(14-4-1)55(41-15-5-2-6-16-41)42-28-23-36(24-29-42)38-25-30-46-47-31-26-39(37-27-32-52-48(33-37)45-19-9-12-22-51(45)56-52)35-54(47)58-50-21-11-8-18-44(50)43-17-7-10-20-49(43)57-53(46)34-38/h1-23,25-36,46,53H,24H2. The summed E-state index contributed by atoms with van der Waals surface area (Å²) >= 11 is 0. The summed E-state index contributed by atoms with van der Waals surface area (Å²) in [5, 5.41) is 2.21. The highest BCUT2D eigenvalue weighted by Crippen LogP contribution is 2.47. The van der Waals surface area contributed by atoms with E-state index in [9.17, 15) is 0 Å². The van der Waals surface area contributed by atoms with Crippen LogP contribution in [0, 0.1) is 5.92 Å². The van der Waals surface area contributed by atoms with Crippen LogP contribution in [0.5, 0.6) is 17.2 Å². The van der Waals surface area contributed by atoms with E-state index in [4.69, 9.17) is 13.9 Å². The molecular weight excluding hydrogens is 711 g/mol. The molecule has 0 amide bonds. The van der Waals surface area contributed by atoms with Gasteiger partial charge in [-0.25, -0.2) is 0 Å². The predicted octanol–water partition coefficient (Wildman–Crippen LogP) is 14.4. The number of fused-ring (bicyclic) bond motifs is 9. The summed E-state index contributed by atoms with van der Waals surface area (Å²) in [4.78, 5) is 2.33. The Balaban J connectivity index is 0.975. The molecule has 2 heterocycles. The van der Waals surface area contributed by atoms with Crippen LogP contribution in [0.1, 0.15) is 17.9 Å². The number of furan rings is 1. The lowest BCUT2D eigenvalue weighted by molar-refractivity contribution is 0.228. The molecule has 0 spiro atoms. The number of anilines is 2. The molecule has 3 aliphatic rings. The minimum absolute atomic E-state index is 0.0864. The van der Waals surface area contributed by atoms with Gasteiger partial charge < -0.3 is 18.8 Å². The van der Waals surface area contributed by atoms with Crippen molar-refractivity contribution in [1.29, 1.82) is 0 Å². The molecule has 3 unspecified atom stereocenters. The summed E-state index contributed by atoms with van der Waals surface area (Å²) in [6.07, 6.45) is 14.5. The normalized spacial score (nSPS) is 18.1. The predicted molar refractivity (Wildman–Crippen MR) is 236 cm³/mol. The van der Waals surface area contributed by atoms with Crippen LogP contribution >= 0.6 is 0 Å². The topological polar surface area (TPSA) is 34.8 Å². The highest BCUT2D eigenvalue weighted by Gasteiger charge is 2.32. The zero-order chi connectivity index (χ0) is 38.4. The Morgan fingerprint density at radius 1 is 0.517 bits per heavy atom. The Labute approximate surface area is 337 Å². The van der Waals surface area contributed by atoms with Gasteiger partial charge in [0.1, 0.15) is 34.5 Å². The first-order valence-electron chi connectivity index (χ1n) is 20.0. The van der Waals surface area contributed by atoms with Gasteiger partial charge in [-0.3, -0.25) is 0 Å². The molecule has 4 nitrogen and oxygen atoms in total. The smallest absolute Gasteiger partial charge is 0.135 e. The van der Waals surface area contributed by atoms with Crippen molar-refractivity contribution in [3.63, 3.8) is 0 Å². The third kappa shape index (κ3) is 6.11. The number of allylic oxidation sites excluding steroid dienone is 5. The van der Waals surface area contributed by atoms with Gasteiger partial charge in [-0.15, -0.1) is 0 Å². The van der Waals surface area contributed by atoms with Crippen molar-refractivity contribution in [3.8, 4) is 39.5 Å². The molecule has 11 rings (SSSR count). The summed E-state index contributed by atoms with van der Waals surface area (Å²) in [5.41, 5.74) is 11.7. The molecule has 0 radical (unpaired) electrons. The van der Waals surface area contributed by atoms with Crippen molar-refractivity contribution in [2.24, 2.45) is 5.92 Å². The molecule has 278 valence electrons. The van der Waals surface area contributed by atoms with Crippen LogP contribution in [-0.2, 0) is 0 Å².